The van der Waals surface area contributed by atoms with E-state index in [1.165, 1.54) is 0 Å². The summed E-state index contributed by atoms with van der Waals surface area (Å²) in [6, 6.07) is 5.69. The van der Waals surface area contributed by atoms with Crippen LogP contribution in [0.25, 0.3) is 0 Å². The van der Waals surface area contributed by atoms with Crippen LogP contribution in [0.2, 0.25) is 0 Å². The molecular formula is C8H9NOS. The van der Waals surface area contributed by atoms with Gasteiger partial charge in [0.05, 0.1) is 6.61 Å². The van der Waals surface area contributed by atoms with Gasteiger partial charge in [-0.1, -0.05) is 6.07 Å². The Kier molecular flexibility index (Phi) is 1.55. The second-order valence-corrected chi connectivity index (χ2v) is 3.08. The Morgan fingerprint density at radius 3 is 2.82 bits per heavy atom. The molecule has 0 bridgehead atoms. The number of nitrogens with two attached hydrogens (primary N) is 1. The van der Waals surface area contributed by atoms with E-state index in [1.807, 2.05) is 18.2 Å². The predicted octanol–water partition coefficient (Wildman–Crippen LogP) is 1.63. The molecule has 11 heavy (non-hydrogen) atoms. The van der Waals surface area contributed by atoms with Crippen molar-refractivity contribution in [1.82, 2.24) is 0 Å². The van der Waals surface area contributed by atoms with E-state index < -0.39 is 0 Å². The molecular weight excluding hydrogens is 158 g/mol. The molecule has 1 aliphatic heterocycles. The molecule has 0 saturated carbocycles. The lowest BCUT2D eigenvalue weighted by Crippen LogP contribution is -1.93. The molecule has 1 heterocycles. The van der Waals surface area contributed by atoms with Gasteiger partial charge in [-0.05, 0) is 12.1 Å². The maximum Gasteiger partial charge on any atom is 0.109 e. The summed E-state index contributed by atoms with van der Waals surface area (Å²) in [4.78, 5) is 0.924. The van der Waals surface area contributed by atoms with Crippen LogP contribution in [0, 0.1) is 0 Å². The molecule has 1 unspecified atom stereocenters. The fraction of sp³-hybridized carbons (Fsp3) is 0.250. The number of nitrogen functional groups attached to an aromatic ring is 1. The van der Waals surface area contributed by atoms with Crippen molar-refractivity contribution in [2.24, 2.45) is 0 Å². The Balaban J connectivity index is 2.48. The summed E-state index contributed by atoms with van der Waals surface area (Å²) in [7, 11) is 0. The van der Waals surface area contributed by atoms with E-state index in [4.69, 9.17) is 10.5 Å². The first-order chi connectivity index (χ1) is 5.29. The average Bonchev–Trinajstić information content (AvgIpc) is 2.70. The zero-order valence-corrected chi connectivity index (χ0v) is 6.84. The second kappa shape index (κ2) is 2.43. The Morgan fingerprint density at radius 2 is 2.27 bits per heavy atom. The van der Waals surface area contributed by atoms with E-state index in [0.29, 0.717) is 0 Å². The molecule has 2 N–H and O–H groups in total. The quantitative estimate of drug-likeness (QED) is 0.379. The molecule has 1 aromatic rings. The molecule has 1 fully saturated rings. The molecule has 0 spiro atoms. The summed E-state index contributed by atoms with van der Waals surface area (Å²) >= 11 is 4.29. The number of rotatable bonds is 1. The Labute approximate surface area is 70.8 Å². The first-order valence-corrected chi connectivity index (χ1v) is 3.92. The third-order valence-electron chi connectivity index (χ3n) is 1.77. The zero-order chi connectivity index (χ0) is 7.84. The number of ether oxygens (including phenoxy) is 1. The SMILES string of the molecule is Nc1cccc(S)c1C1CO1. The Hall–Kier alpha value is -0.670. The Bertz CT molecular complexity index is 263. The molecule has 1 aliphatic rings. The second-order valence-electron chi connectivity index (χ2n) is 2.60. The number of epoxide rings is 1. The molecule has 2 rings (SSSR count). The molecule has 2 nitrogen and oxygen atoms in total. The highest BCUT2D eigenvalue weighted by Gasteiger charge is 2.28. The number of thiol groups is 1. The lowest BCUT2D eigenvalue weighted by Gasteiger charge is -2.03. The van der Waals surface area contributed by atoms with Gasteiger partial charge in [0.25, 0.3) is 0 Å². The van der Waals surface area contributed by atoms with Crippen LogP contribution in [0.1, 0.15) is 11.7 Å². The summed E-state index contributed by atoms with van der Waals surface area (Å²) in [5.41, 5.74) is 7.55. The number of hydrogen-bond donors (Lipinski definition) is 2. The van der Waals surface area contributed by atoms with Gasteiger partial charge in [-0.3, -0.25) is 0 Å². The molecule has 1 saturated heterocycles. The highest BCUT2D eigenvalue weighted by Crippen LogP contribution is 2.37. The third-order valence-corrected chi connectivity index (χ3v) is 2.16. The van der Waals surface area contributed by atoms with Gasteiger partial charge in [0, 0.05) is 16.1 Å². The van der Waals surface area contributed by atoms with E-state index in [-0.39, 0.29) is 6.10 Å². The third kappa shape index (κ3) is 1.21. The van der Waals surface area contributed by atoms with Crippen molar-refractivity contribution in [2.75, 3.05) is 12.3 Å². The molecule has 58 valence electrons. The van der Waals surface area contributed by atoms with Crippen LogP contribution < -0.4 is 5.73 Å². The normalized spacial score (nSPS) is 21.7. The van der Waals surface area contributed by atoms with Crippen molar-refractivity contribution in [2.45, 2.75) is 11.0 Å². The minimum absolute atomic E-state index is 0.198. The maximum absolute atomic E-state index is 5.73. The monoisotopic (exact) mass is 167 g/mol. The maximum atomic E-state index is 5.73. The minimum atomic E-state index is 0.198. The average molecular weight is 167 g/mol. The molecule has 0 radical (unpaired) electrons. The first kappa shape index (κ1) is 7.00. The first-order valence-electron chi connectivity index (χ1n) is 3.48. The van der Waals surface area contributed by atoms with Gasteiger partial charge >= 0.3 is 0 Å². The summed E-state index contributed by atoms with van der Waals surface area (Å²) < 4.78 is 5.13. The van der Waals surface area contributed by atoms with E-state index in [1.54, 1.807) is 0 Å². The molecule has 1 aromatic carbocycles. The van der Waals surface area contributed by atoms with Crippen LogP contribution in [0.15, 0.2) is 23.1 Å². The molecule has 0 aliphatic carbocycles. The van der Waals surface area contributed by atoms with Crippen LogP contribution in [0.5, 0.6) is 0 Å². The van der Waals surface area contributed by atoms with Crippen molar-refractivity contribution in [3.8, 4) is 0 Å². The standard InChI is InChI=1S/C8H9NOS/c9-5-2-1-3-7(11)8(5)6-4-10-6/h1-3,6,11H,4,9H2. The smallest absolute Gasteiger partial charge is 0.109 e. The molecule has 0 amide bonds. The largest absolute Gasteiger partial charge is 0.398 e. The van der Waals surface area contributed by atoms with Gasteiger partial charge in [0.15, 0.2) is 0 Å². The molecule has 3 heteroatoms. The topological polar surface area (TPSA) is 38.5 Å². The van der Waals surface area contributed by atoms with Gasteiger partial charge in [0.1, 0.15) is 6.10 Å². The minimum Gasteiger partial charge on any atom is -0.398 e. The lowest BCUT2D eigenvalue weighted by atomic mass is 10.1. The van der Waals surface area contributed by atoms with Gasteiger partial charge in [-0.15, -0.1) is 12.6 Å². The fourth-order valence-electron chi connectivity index (χ4n) is 1.14. The molecule has 0 aromatic heterocycles. The fourth-order valence-corrected chi connectivity index (χ4v) is 1.50. The van der Waals surface area contributed by atoms with E-state index in [2.05, 4.69) is 12.6 Å². The van der Waals surface area contributed by atoms with Gasteiger partial charge in [-0.2, -0.15) is 0 Å². The number of benzene rings is 1. The van der Waals surface area contributed by atoms with Crippen LogP contribution >= 0.6 is 12.6 Å². The van der Waals surface area contributed by atoms with Crippen molar-refractivity contribution in [3.05, 3.63) is 23.8 Å². The van der Waals surface area contributed by atoms with Crippen molar-refractivity contribution < 1.29 is 4.74 Å². The summed E-state index contributed by atoms with van der Waals surface area (Å²) in [6.45, 7) is 0.780. The summed E-state index contributed by atoms with van der Waals surface area (Å²) in [6.07, 6.45) is 0.198. The van der Waals surface area contributed by atoms with E-state index in [9.17, 15) is 0 Å². The van der Waals surface area contributed by atoms with Gasteiger partial charge < -0.3 is 10.5 Å². The summed E-state index contributed by atoms with van der Waals surface area (Å²) in [5.74, 6) is 0. The predicted molar refractivity (Wildman–Crippen MR) is 46.8 cm³/mol. The summed E-state index contributed by atoms with van der Waals surface area (Å²) in [5, 5.41) is 0. The van der Waals surface area contributed by atoms with Gasteiger partial charge in [-0.25, -0.2) is 0 Å². The van der Waals surface area contributed by atoms with Crippen molar-refractivity contribution in [1.29, 1.82) is 0 Å². The zero-order valence-electron chi connectivity index (χ0n) is 5.95. The number of hydrogen-bond acceptors (Lipinski definition) is 3. The Morgan fingerprint density at radius 1 is 1.55 bits per heavy atom. The van der Waals surface area contributed by atoms with Crippen LogP contribution in [-0.2, 0) is 4.74 Å². The molecule has 1 atom stereocenters. The van der Waals surface area contributed by atoms with Gasteiger partial charge in [0.2, 0.25) is 0 Å². The number of anilines is 1. The van der Waals surface area contributed by atoms with Crippen molar-refractivity contribution >= 4 is 18.3 Å². The highest BCUT2D eigenvalue weighted by molar-refractivity contribution is 7.80. The van der Waals surface area contributed by atoms with Crippen molar-refractivity contribution in [3.63, 3.8) is 0 Å². The van der Waals surface area contributed by atoms with E-state index >= 15 is 0 Å². The van der Waals surface area contributed by atoms with Crippen LogP contribution in [0.4, 0.5) is 5.69 Å². The lowest BCUT2D eigenvalue weighted by molar-refractivity contribution is 0.414. The highest BCUT2D eigenvalue weighted by atomic mass is 32.1. The van der Waals surface area contributed by atoms with Crippen LogP contribution in [-0.4, -0.2) is 6.61 Å². The van der Waals surface area contributed by atoms with Crippen LogP contribution in [0.3, 0.4) is 0 Å². The van der Waals surface area contributed by atoms with E-state index in [0.717, 1.165) is 22.8 Å².